The lowest BCUT2D eigenvalue weighted by Gasteiger charge is -2.37. The van der Waals surface area contributed by atoms with Gasteiger partial charge < -0.3 is 15.5 Å². The van der Waals surface area contributed by atoms with E-state index in [1.807, 2.05) is 0 Å². The van der Waals surface area contributed by atoms with E-state index in [-0.39, 0.29) is 24.0 Å². The van der Waals surface area contributed by atoms with Crippen LogP contribution in [0, 0.1) is 0 Å². The van der Waals surface area contributed by atoms with Gasteiger partial charge in [-0.3, -0.25) is 9.89 Å². The Morgan fingerprint density at radius 2 is 1.59 bits per heavy atom. The van der Waals surface area contributed by atoms with Gasteiger partial charge in [0.1, 0.15) is 0 Å². The minimum absolute atomic E-state index is 0. The molecule has 2 heterocycles. The summed E-state index contributed by atoms with van der Waals surface area (Å²) >= 11 is 0. The van der Waals surface area contributed by atoms with Crippen LogP contribution >= 0.6 is 24.0 Å². The summed E-state index contributed by atoms with van der Waals surface area (Å²) < 4.78 is 0. The third kappa shape index (κ3) is 6.20. The maximum absolute atomic E-state index is 6.19. The van der Waals surface area contributed by atoms with Gasteiger partial charge in [-0.15, -0.1) is 24.0 Å². The van der Waals surface area contributed by atoms with Gasteiger partial charge >= 0.3 is 0 Å². The lowest BCUT2D eigenvalue weighted by Crippen LogP contribution is -2.50. The van der Waals surface area contributed by atoms with Gasteiger partial charge in [-0.25, -0.2) is 0 Å². The highest BCUT2D eigenvalue weighted by Crippen LogP contribution is 2.10. The number of guanidine groups is 1. The van der Waals surface area contributed by atoms with Crippen molar-refractivity contribution in [2.45, 2.75) is 45.6 Å². The predicted octanol–water partition coefficient (Wildman–Crippen LogP) is 1.82. The lowest BCUT2D eigenvalue weighted by molar-refractivity contribution is 0.109. The van der Waals surface area contributed by atoms with E-state index in [9.17, 15) is 0 Å². The molecule has 0 radical (unpaired) electrons. The number of piperazine rings is 1. The van der Waals surface area contributed by atoms with Crippen molar-refractivity contribution < 1.29 is 0 Å². The highest BCUT2D eigenvalue weighted by molar-refractivity contribution is 14.0. The summed E-state index contributed by atoms with van der Waals surface area (Å²) in [6.07, 6.45) is 5.18. The molecule has 1 atom stereocenters. The number of likely N-dealkylation sites (tertiary alicyclic amines) is 1. The number of hydrogen-bond donors (Lipinski definition) is 1. The van der Waals surface area contributed by atoms with E-state index in [1.54, 1.807) is 0 Å². The van der Waals surface area contributed by atoms with Crippen molar-refractivity contribution >= 4 is 29.9 Å². The van der Waals surface area contributed by atoms with Crippen molar-refractivity contribution in [2.75, 3.05) is 52.4 Å². The number of rotatable bonds is 4. The Labute approximate surface area is 153 Å². The van der Waals surface area contributed by atoms with E-state index in [2.05, 4.69) is 33.5 Å². The third-order valence-electron chi connectivity index (χ3n) is 4.93. The van der Waals surface area contributed by atoms with Crippen molar-refractivity contribution in [1.29, 1.82) is 0 Å². The van der Waals surface area contributed by atoms with E-state index in [0.29, 0.717) is 6.04 Å². The molecule has 2 aliphatic heterocycles. The molecule has 130 valence electrons. The number of nitrogens with zero attached hydrogens (tertiary/aromatic N) is 4. The van der Waals surface area contributed by atoms with Crippen LogP contribution in [-0.4, -0.2) is 79.1 Å². The quantitative estimate of drug-likeness (QED) is 0.426. The minimum atomic E-state index is 0. The molecule has 0 saturated carbocycles. The molecule has 0 amide bonds. The molecule has 6 heteroatoms. The molecule has 0 aromatic heterocycles. The van der Waals surface area contributed by atoms with E-state index >= 15 is 0 Å². The van der Waals surface area contributed by atoms with Crippen LogP contribution in [0.25, 0.3) is 0 Å². The number of halogens is 1. The second kappa shape index (κ2) is 10.6. The normalized spacial score (nSPS) is 23.7. The molecule has 0 aliphatic carbocycles. The smallest absolute Gasteiger partial charge is 0.191 e. The molecule has 2 saturated heterocycles. The van der Waals surface area contributed by atoms with Crippen molar-refractivity contribution in [2.24, 2.45) is 10.7 Å². The lowest BCUT2D eigenvalue weighted by atomic mass is 10.2. The summed E-state index contributed by atoms with van der Waals surface area (Å²) in [5.41, 5.74) is 6.19. The Balaban J connectivity index is 0.00000242. The van der Waals surface area contributed by atoms with E-state index < -0.39 is 0 Å². The first-order valence-corrected chi connectivity index (χ1v) is 8.72. The second-order valence-corrected chi connectivity index (χ2v) is 6.42. The van der Waals surface area contributed by atoms with Crippen LogP contribution < -0.4 is 5.73 Å². The molecule has 2 N–H and O–H groups in total. The van der Waals surface area contributed by atoms with Gasteiger partial charge in [-0.1, -0.05) is 19.8 Å². The summed E-state index contributed by atoms with van der Waals surface area (Å²) in [6, 6.07) is 0.495. The van der Waals surface area contributed by atoms with Crippen molar-refractivity contribution in [1.82, 2.24) is 14.7 Å². The Kier molecular flexibility index (Phi) is 9.66. The van der Waals surface area contributed by atoms with E-state index in [1.165, 1.54) is 45.3 Å². The molecule has 0 aromatic carbocycles. The Bertz CT molecular complexity index is 320. The van der Waals surface area contributed by atoms with Gasteiger partial charge in [0.25, 0.3) is 0 Å². The summed E-state index contributed by atoms with van der Waals surface area (Å²) in [6.45, 7) is 13.4. The summed E-state index contributed by atoms with van der Waals surface area (Å²) in [4.78, 5) is 12.0. The molecule has 0 aromatic rings. The summed E-state index contributed by atoms with van der Waals surface area (Å²) in [5.74, 6) is 0.760. The summed E-state index contributed by atoms with van der Waals surface area (Å²) in [7, 11) is 0. The maximum Gasteiger partial charge on any atom is 0.191 e. The number of aliphatic imine (C=N–C) groups is 1. The maximum atomic E-state index is 6.19. The van der Waals surface area contributed by atoms with Gasteiger partial charge in [0, 0.05) is 45.3 Å². The predicted molar refractivity (Wildman–Crippen MR) is 105 cm³/mol. The van der Waals surface area contributed by atoms with Crippen LogP contribution in [0.5, 0.6) is 0 Å². The third-order valence-corrected chi connectivity index (χ3v) is 4.93. The largest absolute Gasteiger partial charge is 0.370 e. The fourth-order valence-corrected chi connectivity index (χ4v) is 3.26. The molecular formula is C16H34IN5. The van der Waals surface area contributed by atoms with Gasteiger partial charge in [0.15, 0.2) is 5.96 Å². The molecule has 2 rings (SSSR count). The molecule has 1 unspecified atom stereocenters. The second-order valence-electron chi connectivity index (χ2n) is 6.42. The van der Waals surface area contributed by atoms with Gasteiger partial charge in [-0.05, 0) is 26.3 Å². The standard InChI is InChI=1S/C16H33N5.HI/c1-3-19-10-12-20(13-11-19)15(2)14-18-16(17)21-8-6-4-5-7-9-21;/h15H,3-14H2,1-2H3,(H2,17,18);1H. The van der Waals surface area contributed by atoms with E-state index in [4.69, 9.17) is 5.73 Å². The van der Waals surface area contributed by atoms with Gasteiger partial charge in [-0.2, -0.15) is 0 Å². The first-order chi connectivity index (χ1) is 10.2. The van der Waals surface area contributed by atoms with Gasteiger partial charge in [0.2, 0.25) is 0 Å². The number of hydrogen-bond acceptors (Lipinski definition) is 3. The molecule has 0 bridgehead atoms. The van der Waals surface area contributed by atoms with Crippen molar-refractivity contribution in [3.8, 4) is 0 Å². The zero-order valence-corrected chi connectivity index (χ0v) is 16.7. The molecule has 22 heavy (non-hydrogen) atoms. The zero-order valence-electron chi connectivity index (χ0n) is 14.3. The molecular weight excluding hydrogens is 389 g/mol. The van der Waals surface area contributed by atoms with Crippen molar-refractivity contribution in [3.63, 3.8) is 0 Å². The topological polar surface area (TPSA) is 48.1 Å². The van der Waals surface area contributed by atoms with Crippen LogP contribution in [0.2, 0.25) is 0 Å². The Hall–Kier alpha value is -0.0800. The van der Waals surface area contributed by atoms with Crippen LogP contribution in [0.1, 0.15) is 39.5 Å². The minimum Gasteiger partial charge on any atom is -0.370 e. The molecule has 2 aliphatic rings. The Morgan fingerprint density at radius 1 is 1.00 bits per heavy atom. The number of likely N-dealkylation sites (N-methyl/N-ethyl adjacent to an activating group) is 1. The average Bonchev–Trinajstić information content (AvgIpc) is 2.81. The van der Waals surface area contributed by atoms with Crippen molar-refractivity contribution in [3.05, 3.63) is 0 Å². The van der Waals surface area contributed by atoms with Crippen LogP contribution in [0.4, 0.5) is 0 Å². The fraction of sp³-hybridized carbons (Fsp3) is 0.938. The first-order valence-electron chi connectivity index (χ1n) is 8.72. The summed E-state index contributed by atoms with van der Waals surface area (Å²) in [5, 5.41) is 0. The van der Waals surface area contributed by atoms with Crippen LogP contribution in [0.3, 0.4) is 0 Å². The van der Waals surface area contributed by atoms with Crippen LogP contribution in [0.15, 0.2) is 4.99 Å². The fourth-order valence-electron chi connectivity index (χ4n) is 3.26. The molecule has 0 spiro atoms. The Morgan fingerprint density at radius 3 is 2.14 bits per heavy atom. The molecule has 5 nitrogen and oxygen atoms in total. The highest BCUT2D eigenvalue weighted by atomic mass is 127. The average molecular weight is 423 g/mol. The SMILES string of the molecule is CCN1CCN(C(C)CN=C(N)N2CCCCCC2)CC1.I. The zero-order chi connectivity index (χ0) is 15.1. The molecule has 2 fully saturated rings. The van der Waals surface area contributed by atoms with Crippen LogP contribution in [-0.2, 0) is 0 Å². The monoisotopic (exact) mass is 423 g/mol. The number of nitrogens with two attached hydrogens (primary N) is 1. The van der Waals surface area contributed by atoms with Gasteiger partial charge in [0.05, 0.1) is 6.54 Å². The van der Waals surface area contributed by atoms with E-state index in [0.717, 1.165) is 38.7 Å². The highest BCUT2D eigenvalue weighted by Gasteiger charge is 2.20. The first kappa shape index (κ1) is 20.0.